The Kier molecular flexibility index (Phi) is 3.32. The molecule has 0 fully saturated rings. The molecule has 0 bridgehead atoms. The van der Waals surface area contributed by atoms with Crippen molar-refractivity contribution in [3.05, 3.63) is 59.9 Å². The molecule has 19 heavy (non-hydrogen) atoms. The Morgan fingerprint density at radius 2 is 1.74 bits per heavy atom. The number of pyridine rings is 1. The molecule has 1 aromatic heterocycles. The van der Waals surface area contributed by atoms with Gasteiger partial charge in [0.05, 0.1) is 0 Å². The fourth-order valence-corrected chi connectivity index (χ4v) is 2.97. The molecule has 3 rings (SSSR count). The Hall–Kier alpha value is -1.71. The van der Waals surface area contributed by atoms with Crippen LogP contribution in [0.2, 0.25) is 5.02 Å². The first kappa shape index (κ1) is 12.3. The predicted molar refractivity (Wildman–Crippen MR) is 81.7 cm³/mol. The summed E-state index contributed by atoms with van der Waals surface area (Å²) in [5.41, 5.74) is 6.76. The zero-order chi connectivity index (χ0) is 13.2. The van der Waals surface area contributed by atoms with Crippen molar-refractivity contribution in [3.63, 3.8) is 0 Å². The molecule has 0 spiro atoms. The first-order valence-electron chi connectivity index (χ1n) is 5.80. The third-order valence-electron chi connectivity index (χ3n) is 2.85. The van der Waals surface area contributed by atoms with Crippen molar-refractivity contribution in [2.45, 2.75) is 9.79 Å². The number of fused-ring (bicyclic) bond motifs is 1. The molecule has 0 radical (unpaired) electrons. The monoisotopic (exact) mass is 286 g/mol. The van der Waals surface area contributed by atoms with E-state index in [1.165, 1.54) is 0 Å². The molecule has 0 atom stereocenters. The molecule has 2 N–H and O–H groups in total. The zero-order valence-electron chi connectivity index (χ0n) is 10.0. The van der Waals surface area contributed by atoms with E-state index in [1.807, 2.05) is 48.7 Å². The second-order valence-corrected chi connectivity index (χ2v) is 5.68. The fraction of sp³-hybridized carbons (Fsp3) is 0. The van der Waals surface area contributed by atoms with Gasteiger partial charge >= 0.3 is 0 Å². The molecule has 3 aromatic rings. The number of hydrogen-bond acceptors (Lipinski definition) is 3. The average molecular weight is 287 g/mol. The van der Waals surface area contributed by atoms with Gasteiger partial charge in [0.25, 0.3) is 0 Å². The summed E-state index contributed by atoms with van der Waals surface area (Å²) >= 11 is 7.57. The van der Waals surface area contributed by atoms with Crippen molar-refractivity contribution in [1.29, 1.82) is 0 Å². The van der Waals surface area contributed by atoms with Gasteiger partial charge in [0, 0.05) is 43.7 Å². The lowest BCUT2D eigenvalue weighted by molar-refractivity contribution is 1.34. The van der Waals surface area contributed by atoms with E-state index in [0.717, 1.165) is 31.3 Å². The van der Waals surface area contributed by atoms with Crippen LogP contribution in [0.3, 0.4) is 0 Å². The smallest absolute Gasteiger partial charge is 0.0406 e. The number of nitrogens with zero attached hydrogens (tertiary/aromatic N) is 1. The van der Waals surface area contributed by atoms with E-state index >= 15 is 0 Å². The number of nitrogen functional groups attached to an aromatic ring is 1. The summed E-state index contributed by atoms with van der Waals surface area (Å²) in [5, 5.41) is 2.85. The number of aromatic nitrogens is 1. The molecule has 94 valence electrons. The summed E-state index contributed by atoms with van der Waals surface area (Å²) in [6, 6.07) is 13.7. The highest BCUT2D eigenvalue weighted by Gasteiger charge is 2.05. The Labute approximate surface area is 120 Å². The van der Waals surface area contributed by atoms with E-state index in [0.29, 0.717) is 0 Å². The van der Waals surface area contributed by atoms with Gasteiger partial charge in [0.1, 0.15) is 0 Å². The topological polar surface area (TPSA) is 38.9 Å². The Morgan fingerprint density at radius 3 is 2.53 bits per heavy atom. The van der Waals surface area contributed by atoms with Crippen LogP contribution in [0.25, 0.3) is 10.8 Å². The maximum absolute atomic E-state index is 5.98. The van der Waals surface area contributed by atoms with Crippen LogP contribution in [0, 0.1) is 0 Å². The van der Waals surface area contributed by atoms with Gasteiger partial charge in [-0.3, -0.25) is 4.98 Å². The standard InChI is InChI=1S/C15H11ClN2S/c16-10-1-3-11(4-2-10)19-15-6-5-14(17)12-7-8-18-9-13(12)15/h1-9H,17H2. The minimum atomic E-state index is 0.744. The fourth-order valence-electron chi connectivity index (χ4n) is 1.91. The molecule has 1 heterocycles. The second kappa shape index (κ2) is 5.11. The lowest BCUT2D eigenvalue weighted by Crippen LogP contribution is -1.88. The second-order valence-electron chi connectivity index (χ2n) is 4.13. The maximum Gasteiger partial charge on any atom is 0.0406 e. The summed E-state index contributed by atoms with van der Waals surface area (Å²) in [4.78, 5) is 6.46. The van der Waals surface area contributed by atoms with Crippen LogP contribution in [0.1, 0.15) is 0 Å². The highest BCUT2D eigenvalue weighted by molar-refractivity contribution is 7.99. The molecule has 0 aliphatic carbocycles. The number of rotatable bonds is 2. The average Bonchev–Trinajstić information content (AvgIpc) is 2.45. The molecular weight excluding hydrogens is 276 g/mol. The van der Waals surface area contributed by atoms with Crippen molar-refractivity contribution >= 4 is 39.8 Å². The largest absolute Gasteiger partial charge is 0.398 e. The molecule has 2 nitrogen and oxygen atoms in total. The zero-order valence-corrected chi connectivity index (χ0v) is 11.6. The Bertz CT molecular complexity index is 726. The number of halogens is 1. The van der Waals surface area contributed by atoms with E-state index in [1.54, 1.807) is 18.0 Å². The quantitative estimate of drug-likeness (QED) is 0.699. The van der Waals surface area contributed by atoms with Gasteiger partial charge < -0.3 is 5.73 Å². The van der Waals surface area contributed by atoms with Crippen molar-refractivity contribution in [1.82, 2.24) is 4.98 Å². The molecule has 0 saturated carbocycles. The molecule has 0 amide bonds. The van der Waals surface area contributed by atoms with Crippen molar-refractivity contribution in [2.24, 2.45) is 0 Å². The van der Waals surface area contributed by atoms with Crippen LogP contribution in [-0.4, -0.2) is 4.98 Å². The predicted octanol–water partition coefficient (Wildman–Crippen LogP) is 4.62. The summed E-state index contributed by atoms with van der Waals surface area (Å²) in [6.45, 7) is 0. The van der Waals surface area contributed by atoms with E-state index < -0.39 is 0 Å². The molecule has 4 heteroatoms. The van der Waals surface area contributed by atoms with E-state index in [-0.39, 0.29) is 0 Å². The van der Waals surface area contributed by atoms with Crippen LogP contribution in [-0.2, 0) is 0 Å². The van der Waals surface area contributed by atoms with Gasteiger partial charge in [0.2, 0.25) is 0 Å². The first-order chi connectivity index (χ1) is 9.24. The van der Waals surface area contributed by atoms with Crippen molar-refractivity contribution < 1.29 is 0 Å². The van der Waals surface area contributed by atoms with Crippen LogP contribution >= 0.6 is 23.4 Å². The summed E-state index contributed by atoms with van der Waals surface area (Å²) < 4.78 is 0. The third kappa shape index (κ3) is 2.53. The first-order valence-corrected chi connectivity index (χ1v) is 6.99. The molecule has 2 aromatic carbocycles. The normalized spacial score (nSPS) is 10.8. The number of hydrogen-bond donors (Lipinski definition) is 1. The van der Waals surface area contributed by atoms with Gasteiger partial charge in [-0.15, -0.1) is 0 Å². The van der Waals surface area contributed by atoms with Crippen molar-refractivity contribution in [2.75, 3.05) is 5.73 Å². The molecule has 0 unspecified atom stereocenters. The highest BCUT2D eigenvalue weighted by atomic mass is 35.5. The summed E-state index contributed by atoms with van der Waals surface area (Å²) in [7, 11) is 0. The molecule has 0 aliphatic heterocycles. The Balaban J connectivity index is 2.06. The van der Waals surface area contributed by atoms with E-state index in [2.05, 4.69) is 4.98 Å². The van der Waals surface area contributed by atoms with Crippen LogP contribution in [0.4, 0.5) is 5.69 Å². The number of benzene rings is 2. The van der Waals surface area contributed by atoms with E-state index in [9.17, 15) is 0 Å². The summed E-state index contributed by atoms with van der Waals surface area (Å²) in [5.74, 6) is 0. The molecular formula is C15H11ClN2S. The van der Waals surface area contributed by atoms with Gasteiger partial charge in [-0.05, 0) is 42.5 Å². The molecule has 0 aliphatic rings. The lowest BCUT2D eigenvalue weighted by Gasteiger charge is -2.08. The minimum Gasteiger partial charge on any atom is -0.398 e. The van der Waals surface area contributed by atoms with Gasteiger partial charge in [-0.2, -0.15) is 0 Å². The minimum absolute atomic E-state index is 0.744. The van der Waals surface area contributed by atoms with Crippen LogP contribution < -0.4 is 5.73 Å². The van der Waals surface area contributed by atoms with Gasteiger partial charge in [-0.25, -0.2) is 0 Å². The van der Waals surface area contributed by atoms with Crippen LogP contribution in [0.5, 0.6) is 0 Å². The van der Waals surface area contributed by atoms with Crippen molar-refractivity contribution in [3.8, 4) is 0 Å². The lowest BCUT2D eigenvalue weighted by atomic mass is 10.1. The van der Waals surface area contributed by atoms with Crippen LogP contribution in [0.15, 0.2) is 64.6 Å². The summed E-state index contributed by atoms with van der Waals surface area (Å²) in [6.07, 6.45) is 3.61. The SMILES string of the molecule is Nc1ccc(Sc2ccc(Cl)cc2)c2cnccc12. The van der Waals surface area contributed by atoms with Gasteiger partial charge in [-0.1, -0.05) is 23.4 Å². The van der Waals surface area contributed by atoms with Gasteiger partial charge in [0.15, 0.2) is 0 Å². The van der Waals surface area contributed by atoms with E-state index in [4.69, 9.17) is 17.3 Å². The molecule has 0 saturated heterocycles. The Morgan fingerprint density at radius 1 is 0.947 bits per heavy atom. The number of nitrogens with two attached hydrogens (primary N) is 1. The number of anilines is 1. The third-order valence-corrected chi connectivity index (χ3v) is 4.19. The highest BCUT2D eigenvalue weighted by Crippen LogP contribution is 2.35. The maximum atomic E-state index is 5.98.